The van der Waals surface area contributed by atoms with E-state index >= 15 is 0 Å². The second-order valence-electron chi connectivity index (χ2n) is 8.74. The van der Waals surface area contributed by atoms with Gasteiger partial charge in [-0.2, -0.15) is 0 Å². The molecule has 0 spiro atoms. The maximum absolute atomic E-state index is 11.6. The third-order valence-corrected chi connectivity index (χ3v) is 6.45. The number of carboxylic acid groups (broad SMARTS) is 1. The van der Waals surface area contributed by atoms with Gasteiger partial charge in [0.1, 0.15) is 23.5 Å². The van der Waals surface area contributed by atoms with Crippen molar-refractivity contribution in [1.29, 1.82) is 0 Å². The van der Waals surface area contributed by atoms with Gasteiger partial charge in [0.25, 0.3) is 0 Å². The van der Waals surface area contributed by atoms with E-state index in [9.17, 15) is 9.90 Å². The zero-order valence-corrected chi connectivity index (χ0v) is 19.1. The summed E-state index contributed by atoms with van der Waals surface area (Å²) < 4.78 is 5.95. The van der Waals surface area contributed by atoms with Gasteiger partial charge in [0.05, 0.1) is 11.8 Å². The maximum Gasteiger partial charge on any atom is 0.339 e. The molecular weight excluding hydrogens is 426 g/mol. The third kappa shape index (κ3) is 4.57. The molecule has 0 radical (unpaired) electrons. The number of fused-ring (bicyclic) bond motifs is 1. The number of rotatable bonds is 8. The Morgan fingerprint density at radius 3 is 2.65 bits per heavy atom. The monoisotopic (exact) mass is 453 g/mol. The van der Waals surface area contributed by atoms with Crippen molar-refractivity contribution in [3.8, 4) is 17.0 Å². The first-order chi connectivity index (χ1) is 16.6. The maximum atomic E-state index is 11.6. The molecule has 1 saturated carbocycles. The van der Waals surface area contributed by atoms with Crippen LogP contribution in [0.3, 0.4) is 0 Å². The zero-order chi connectivity index (χ0) is 23.5. The number of aryl methyl sites for hydroxylation is 1. The highest BCUT2D eigenvalue weighted by Crippen LogP contribution is 2.32. The molecule has 0 amide bonds. The molecular formula is C28H27N3O3. The van der Waals surface area contributed by atoms with Crippen LogP contribution >= 0.6 is 0 Å². The fourth-order valence-electron chi connectivity index (χ4n) is 4.29. The summed E-state index contributed by atoms with van der Waals surface area (Å²) >= 11 is 0. The van der Waals surface area contributed by atoms with Crippen LogP contribution in [0, 0.1) is 6.92 Å². The summed E-state index contributed by atoms with van der Waals surface area (Å²) in [5.41, 5.74) is 4.27. The lowest BCUT2D eigenvalue weighted by atomic mass is 9.96. The topological polar surface area (TPSA) is 84.3 Å². The van der Waals surface area contributed by atoms with Crippen molar-refractivity contribution >= 4 is 22.6 Å². The Balaban J connectivity index is 1.32. The predicted octanol–water partition coefficient (Wildman–Crippen LogP) is 5.89. The van der Waals surface area contributed by atoms with Crippen LogP contribution in [0.15, 0.2) is 67.0 Å². The van der Waals surface area contributed by atoms with Crippen LogP contribution in [0.4, 0.5) is 5.82 Å². The molecule has 1 aromatic heterocycles. The Bertz CT molecular complexity index is 1350. The van der Waals surface area contributed by atoms with Crippen molar-refractivity contribution in [3.05, 3.63) is 83.7 Å². The number of anilines is 1. The van der Waals surface area contributed by atoms with Crippen LogP contribution in [0.2, 0.25) is 0 Å². The van der Waals surface area contributed by atoms with Crippen molar-refractivity contribution in [3.63, 3.8) is 0 Å². The van der Waals surface area contributed by atoms with E-state index in [-0.39, 0.29) is 11.7 Å². The lowest BCUT2D eigenvalue weighted by Gasteiger charge is -2.27. The second kappa shape index (κ2) is 9.51. The quantitative estimate of drug-likeness (QED) is 0.346. The smallest absolute Gasteiger partial charge is 0.339 e. The summed E-state index contributed by atoms with van der Waals surface area (Å²) in [6.45, 7) is 2.87. The Morgan fingerprint density at radius 1 is 1.06 bits per heavy atom. The summed E-state index contributed by atoms with van der Waals surface area (Å²) in [7, 11) is 0. The van der Waals surface area contributed by atoms with Crippen molar-refractivity contribution in [2.75, 3.05) is 11.9 Å². The molecule has 172 valence electrons. The van der Waals surface area contributed by atoms with Gasteiger partial charge >= 0.3 is 5.97 Å². The average molecular weight is 454 g/mol. The molecule has 1 aliphatic carbocycles. The summed E-state index contributed by atoms with van der Waals surface area (Å²) in [6.07, 6.45) is 5.52. The number of carboxylic acids is 1. The van der Waals surface area contributed by atoms with Crippen LogP contribution in [-0.2, 0) is 6.42 Å². The molecule has 6 heteroatoms. The number of ether oxygens (including phenoxy) is 1. The van der Waals surface area contributed by atoms with Crippen molar-refractivity contribution in [2.45, 2.75) is 38.7 Å². The summed E-state index contributed by atoms with van der Waals surface area (Å²) in [5, 5.41) is 15.5. The van der Waals surface area contributed by atoms with E-state index in [1.807, 2.05) is 6.07 Å². The standard InChI is InChI=1S/C28H27N3O3/c1-18-9-10-19(23-8-3-2-7-22(18)23)13-14-29-27-16-25(30-17-31-27)20-11-12-24(28(32)33)26(15-20)34-21-5-4-6-21/h2-3,7-12,15-17,21H,4-6,13-14H2,1H3,(H,32,33)(H,29,30,31). The van der Waals surface area contributed by atoms with Gasteiger partial charge in [-0.25, -0.2) is 14.8 Å². The Kier molecular flexibility index (Phi) is 6.12. The number of hydrogen-bond donors (Lipinski definition) is 2. The number of nitrogens with one attached hydrogen (secondary N) is 1. The van der Waals surface area contributed by atoms with E-state index in [4.69, 9.17) is 4.74 Å². The fraction of sp³-hybridized carbons (Fsp3) is 0.250. The highest BCUT2D eigenvalue weighted by molar-refractivity contribution is 5.92. The number of nitrogens with zero attached hydrogens (tertiary/aromatic N) is 2. The van der Waals surface area contributed by atoms with E-state index in [1.54, 1.807) is 18.2 Å². The molecule has 0 atom stereocenters. The molecule has 1 fully saturated rings. The lowest BCUT2D eigenvalue weighted by Crippen LogP contribution is -2.25. The molecule has 34 heavy (non-hydrogen) atoms. The lowest BCUT2D eigenvalue weighted by molar-refractivity contribution is 0.0680. The van der Waals surface area contributed by atoms with Crippen LogP contribution < -0.4 is 10.1 Å². The normalized spacial score (nSPS) is 13.4. The molecule has 4 aromatic rings. The van der Waals surface area contributed by atoms with E-state index in [0.29, 0.717) is 11.4 Å². The van der Waals surface area contributed by atoms with Gasteiger partial charge in [0.2, 0.25) is 0 Å². The Morgan fingerprint density at radius 2 is 1.88 bits per heavy atom. The van der Waals surface area contributed by atoms with E-state index < -0.39 is 5.97 Å². The van der Waals surface area contributed by atoms with E-state index in [1.165, 1.54) is 28.2 Å². The largest absolute Gasteiger partial charge is 0.490 e. The van der Waals surface area contributed by atoms with Crippen LogP contribution in [0.5, 0.6) is 5.75 Å². The van der Waals surface area contributed by atoms with E-state index in [2.05, 4.69) is 58.6 Å². The zero-order valence-electron chi connectivity index (χ0n) is 19.1. The van der Waals surface area contributed by atoms with E-state index in [0.717, 1.165) is 43.6 Å². The first-order valence-electron chi connectivity index (χ1n) is 11.7. The summed E-state index contributed by atoms with van der Waals surface area (Å²) in [4.78, 5) is 20.4. The molecule has 0 unspecified atom stereocenters. The van der Waals surface area contributed by atoms with Gasteiger partial charge in [0.15, 0.2) is 0 Å². The SMILES string of the molecule is Cc1ccc(CCNc2cc(-c3ccc(C(=O)O)c(OC4CCC4)c3)ncn2)c2ccccc12. The second-order valence-corrected chi connectivity index (χ2v) is 8.74. The molecule has 5 rings (SSSR count). The predicted molar refractivity (Wildman–Crippen MR) is 134 cm³/mol. The van der Waals surface area contributed by atoms with Crippen LogP contribution in [0.25, 0.3) is 22.0 Å². The van der Waals surface area contributed by atoms with Crippen molar-refractivity contribution in [1.82, 2.24) is 9.97 Å². The number of hydrogen-bond acceptors (Lipinski definition) is 5. The van der Waals surface area contributed by atoms with Gasteiger partial charge in [-0.15, -0.1) is 0 Å². The number of benzene rings is 3. The molecule has 6 nitrogen and oxygen atoms in total. The first-order valence-corrected chi connectivity index (χ1v) is 11.7. The minimum absolute atomic E-state index is 0.0915. The van der Waals surface area contributed by atoms with Gasteiger partial charge in [-0.1, -0.05) is 42.5 Å². The first kappa shape index (κ1) is 21.9. The molecule has 1 heterocycles. The molecule has 2 N–H and O–H groups in total. The number of aromatic carboxylic acids is 1. The molecule has 0 saturated heterocycles. The number of aromatic nitrogens is 2. The average Bonchev–Trinajstić information content (AvgIpc) is 2.83. The molecule has 3 aromatic carbocycles. The minimum Gasteiger partial charge on any atom is -0.490 e. The fourth-order valence-corrected chi connectivity index (χ4v) is 4.29. The molecule has 1 aliphatic rings. The van der Waals surface area contributed by atoms with Gasteiger partial charge < -0.3 is 15.2 Å². The highest BCUT2D eigenvalue weighted by atomic mass is 16.5. The molecule has 0 bridgehead atoms. The van der Waals surface area contributed by atoms with Gasteiger partial charge in [-0.05, 0) is 66.6 Å². The van der Waals surface area contributed by atoms with Gasteiger partial charge in [-0.3, -0.25) is 0 Å². The van der Waals surface area contributed by atoms with Crippen LogP contribution in [0.1, 0.15) is 40.7 Å². The number of carbonyl (C=O) groups is 1. The Hall–Kier alpha value is -3.93. The minimum atomic E-state index is -0.991. The van der Waals surface area contributed by atoms with Crippen molar-refractivity contribution in [2.24, 2.45) is 0 Å². The van der Waals surface area contributed by atoms with Gasteiger partial charge in [0, 0.05) is 18.2 Å². The van der Waals surface area contributed by atoms with Crippen molar-refractivity contribution < 1.29 is 14.6 Å². The van der Waals surface area contributed by atoms with Crippen LogP contribution in [-0.4, -0.2) is 33.7 Å². The molecule has 0 aliphatic heterocycles. The third-order valence-electron chi connectivity index (χ3n) is 6.45. The summed E-state index contributed by atoms with van der Waals surface area (Å²) in [6, 6.07) is 19.9. The summed E-state index contributed by atoms with van der Waals surface area (Å²) in [5.74, 6) is 0.133. The Labute approximate surface area is 198 Å². The highest BCUT2D eigenvalue weighted by Gasteiger charge is 2.22.